The molecule has 0 aromatic heterocycles. The summed E-state index contributed by atoms with van der Waals surface area (Å²) >= 11 is 0. The molecule has 0 N–H and O–H groups in total. The zero-order valence-electron chi connectivity index (χ0n) is 24.2. The standard InChI is InChI=1S/C36H56/c1-5-9-13-17-25-31(23-11-7-3)35(33-27-19-15-20-28-33)36(34-29-21-16-22-30-34)32(24-12-8-4)26-18-14-10-6-2/h15-16,19-22,27-32H,5-14,17-18,23-26H2,1-4H3/b36-35+. The first-order chi connectivity index (χ1) is 17.8. The van der Waals surface area contributed by atoms with Crippen molar-refractivity contribution in [3.05, 3.63) is 71.8 Å². The van der Waals surface area contributed by atoms with Crippen molar-refractivity contribution in [2.75, 3.05) is 0 Å². The Morgan fingerprint density at radius 1 is 0.417 bits per heavy atom. The van der Waals surface area contributed by atoms with Crippen LogP contribution in [0, 0.1) is 11.8 Å². The molecule has 0 amide bonds. The Balaban J connectivity index is 2.65. The number of benzene rings is 2. The predicted molar refractivity (Wildman–Crippen MR) is 163 cm³/mol. The van der Waals surface area contributed by atoms with E-state index in [9.17, 15) is 0 Å². The van der Waals surface area contributed by atoms with E-state index in [-0.39, 0.29) is 0 Å². The SMILES string of the molecule is CCCCCCC(CCCC)/C(=C(\c1ccccc1)C(CCCC)CCCCCC)c1ccccc1. The van der Waals surface area contributed by atoms with Gasteiger partial charge in [0.25, 0.3) is 0 Å². The number of rotatable bonds is 20. The lowest BCUT2D eigenvalue weighted by atomic mass is 9.74. The van der Waals surface area contributed by atoms with Crippen LogP contribution in [0.5, 0.6) is 0 Å². The van der Waals surface area contributed by atoms with Gasteiger partial charge in [-0.2, -0.15) is 0 Å². The third-order valence-corrected chi connectivity index (χ3v) is 7.90. The second-order valence-electron chi connectivity index (χ2n) is 10.9. The lowest BCUT2D eigenvalue weighted by Crippen LogP contribution is -2.13. The molecule has 2 rings (SSSR count). The molecule has 0 aliphatic heterocycles. The van der Waals surface area contributed by atoms with E-state index in [0.717, 1.165) is 0 Å². The van der Waals surface area contributed by atoms with E-state index in [4.69, 9.17) is 0 Å². The Bertz CT molecular complexity index is 731. The van der Waals surface area contributed by atoms with Gasteiger partial charge in [0.1, 0.15) is 0 Å². The van der Waals surface area contributed by atoms with Gasteiger partial charge in [-0.1, -0.05) is 165 Å². The fourth-order valence-electron chi connectivity index (χ4n) is 5.86. The molecule has 0 aliphatic rings. The maximum absolute atomic E-state index is 2.40. The van der Waals surface area contributed by atoms with E-state index in [1.54, 1.807) is 11.1 Å². The van der Waals surface area contributed by atoms with Crippen LogP contribution in [0.1, 0.15) is 142 Å². The summed E-state index contributed by atoms with van der Waals surface area (Å²) in [5, 5.41) is 0. The molecule has 2 unspecified atom stereocenters. The van der Waals surface area contributed by atoms with Crippen LogP contribution in [-0.2, 0) is 0 Å². The molecule has 0 nitrogen and oxygen atoms in total. The van der Waals surface area contributed by atoms with Crippen LogP contribution in [0.25, 0.3) is 11.1 Å². The quantitative estimate of drug-likeness (QED) is 0.128. The zero-order valence-corrected chi connectivity index (χ0v) is 24.2. The minimum atomic E-state index is 0.652. The molecule has 0 radical (unpaired) electrons. The molecule has 0 spiro atoms. The number of hydrogen-bond acceptors (Lipinski definition) is 0. The van der Waals surface area contributed by atoms with Crippen LogP contribution in [0.4, 0.5) is 0 Å². The summed E-state index contributed by atoms with van der Waals surface area (Å²) in [5.41, 5.74) is 6.32. The molecule has 2 atom stereocenters. The Labute approximate surface area is 225 Å². The maximum atomic E-state index is 2.40. The molecular formula is C36H56. The van der Waals surface area contributed by atoms with Gasteiger partial charge in [-0.15, -0.1) is 0 Å². The van der Waals surface area contributed by atoms with Crippen molar-refractivity contribution >= 4 is 11.1 Å². The number of hydrogen-bond donors (Lipinski definition) is 0. The summed E-state index contributed by atoms with van der Waals surface area (Å²) in [7, 11) is 0. The molecule has 0 heteroatoms. The van der Waals surface area contributed by atoms with Crippen molar-refractivity contribution < 1.29 is 0 Å². The molecule has 0 fully saturated rings. The highest BCUT2D eigenvalue weighted by Crippen LogP contribution is 2.44. The summed E-state index contributed by atoms with van der Waals surface area (Å²) < 4.78 is 0. The molecule has 36 heavy (non-hydrogen) atoms. The summed E-state index contributed by atoms with van der Waals surface area (Å²) in [6.45, 7) is 9.37. The monoisotopic (exact) mass is 488 g/mol. The van der Waals surface area contributed by atoms with Crippen LogP contribution in [0.15, 0.2) is 60.7 Å². The van der Waals surface area contributed by atoms with Gasteiger partial charge in [-0.3, -0.25) is 0 Å². The second-order valence-corrected chi connectivity index (χ2v) is 10.9. The third-order valence-electron chi connectivity index (χ3n) is 7.90. The van der Waals surface area contributed by atoms with Crippen LogP contribution >= 0.6 is 0 Å². The fourth-order valence-corrected chi connectivity index (χ4v) is 5.86. The van der Waals surface area contributed by atoms with Gasteiger partial charge >= 0.3 is 0 Å². The first-order valence-corrected chi connectivity index (χ1v) is 15.6. The van der Waals surface area contributed by atoms with Crippen molar-refractivity contribution in [1.82, 2.24) is 0 Å². The van der Waals surface area contributed by atoms with Crippen molar-refractivity contribution in [1.29, 1.82) is 0 Å². The average Bonchev–Trinajstić information content (AvgIpc) is 2.92. The lowest BCUT2D eigenvalue weighted by molar-refractivity contribution is 0.479. The highest BCUT2D eigenvalue weighted by molar-refractivity contribution is 5.92. The minimum absolute atomic E-state index is 0.652. The van der Waals surface area contributed by atoms with Gasteiger partial charge in [0, 0.05) is 0 Å². The van der Waals surface area contributed by atoms with E-state index in [2.05, 4.69) is 88.4 Å². The molecule has 200 valence electrons. The molecule has 0 saturated carbocycles. The van der Waals surface area contributed by atoms with Gasteiger partial charge < -0.3 is 0 Å². The van der Waals surface area contributed by atoms with Gasteiger partial charge in [0.15, 0.2) is 0 Å². The van der Waals surface area contributed by atoms with Gasteiger partial charge in [-0.25, -0.2) is 0 Å². The van der Waals surface area contributed by atoms with Crippen LogP contribution < -0.4 is 0 Å². The first-order valence-electron chi connectivity index (χ1n) is 15.6. The Hall–Kier alpha value is -1.82. The number of allylic oxidation sites excluding steroid dienone is 2. The van der Waals surface area contributed by atoms with Gasteiger partial charge in [0.2, 0.25) is 0 Å². The highest BCUT2D eigenvalue weighted by atomic mass is 14.3. The summed E-state index contributed by atoms with van der Waals surface area (Å²) in [6, 6.07) is 23.0. The minimum Gasteiger partial charge on any atom is -0.0654 e. The Kier molecular flexibility index (Phi) is 16.3. The van der Waals surface area contributed by atoms with E-state index < -0.39 is 0 Å². The average molecular weight is 489 g/mol. The molecule has 0 heterocycles. The van der Waals surface area contributed by atoms with E-state index in [1.807, 2.05) is 0 Å². The largest absolute Gasteiger partial charge is 0.0654 e. The molecular weight excluding hydrogens is 432 g/mol. The third kappa shape index (κ3) is 10.7. The van der Waals surface area contributed by atoms with Crippen molar-refractivity contribution in [3.63, 3.8) is 0 Å². The van der Waals surface area contributed by atoms with Crippen molar-refractivity contribution in [3.8, 4) is 0 Å². The van der Waals surface area contributed by atoms with Crippen molar-refractivity contribution in [2.24, 2.45) is 11.8 Å². The van der Waals surface area contributed by atoms with E-state index in [0.29, 0.717) is 11.8 Å². The highest BCUT2D eigenvalue weighted by Gasteiger charge is 2.26. The van der Waals surface area contributed by atoms with E-state index >= 15 is 0 Å². The zero-order chi connectivity index (χ0) is 25.8. The normalized spacial score (nSPS) is 13.9. The lowest BCUT2D eigenvalue weighted by Gasteiger charge is -2.30. The van der Waals surface area contributed by atoms with Gasteiger partial charge in [0.05, 0.1) is 0 Å². The maximum Gasteiger partial charge on any atom is -0.0153 e. The topological polar surface area (TPSA) is 0 Å². The predicted octanol–water partition coefficient (Wildman–Crippen LogP) is 12.2. The summed E-state index contributed by atoms with van der Waals surface area (Å²) in [5.74, 6) is 1.30. The fraction of sp³-hybridized carbons (Fsp3) is 0.611. The first kappa shape index (κ1) is 30.4. The smallest absolute Gasteiger partial charge is 0.0153 e. The van der Waals surface area contributed by atoms with Crippen LogP contribution in [0.2, 0.25) is 0 Å². The van der Waals surface area contributed by atoms with Crippen LogP contribution in [-0.4, -0.2) is 0 Å². The molecule has 2 aromatic carbocycles. The van der Waals surface area contributed by atoms with Gasteiger partial charge in [-0.05, 0) is 59.8 Å². The van der Waals surface area contributed by atoms with Crippen molar-refractivity contribution in [2.45, 2.75) is 130 Å². The molecule has 0 bridgehead atoms. The molecule has 0 aliphatic carbocycles. The van der Waals surface area contributed by atoms with Crippen LogP contribution in [0.3, 0.4) is 0 Å². The number of unbranched alkanes of at least 4 members (excludes halogenated alkanes) is 8. The molecule has 0 saturated heterocycles. The van der Waals surface area contributed by atoms with E-state index in [1.165, 1.54) is 114 Å². The Morgan fingerprint density at radius 3 is 1.08 bits per heavy atom. The molecule has 2 aromatic rings. The summed E-state index contributed by atoms with van der Waals surface area (Å²) in [4.78, 5) is 0. The summed E-state index contributed by atoms with van der Waals surface area (Å²) in [6.07, 6.45) is 21.3. The Morgan fingerprint density at radius 2 is 0.750 bits per heavy atom. The second kappa shape index (κ2) is 19.3.